The third-order valence-electron chi connectivity index (χ3n) is 2.69. The van der Waals surface area contributed by atoms with Crippen LogP contribution in [0.25, 0.3) is 0 Å². The minimum absolute atomic E-state index is 0.205. The molecular formula is C14H13F3N2S. The van der Waals surface area contributed by atoms with Crippen molar-refractivity contribution in [1.82, 2.24) is 4.98 Å². The number of pyridine rings is 1. The average molecular weight is 298 g/mol. The number of alkyl halides is 3. The maximum atomic E-state index is 12.8. The van der Waals surface area contributed by atoms with Crippen LogP contribution in [-0.2, 0) is 6.18 Å². The summed E-state index contributed by atoms with van der Waals surface area (Å²) < 4.78 is 38.5. The highest BCUT2D eigenvalue weighted by Gasteiger charge is 2.31. The van der Waals surface area contributed by atoms with E-state index in [1.165, 1.54) is 11.8 Å². The predicted molar refractivity (Wildman–Crippen MR) is 74.1 cm³/mol. The summed E-state index contributed by atoms with van der Waals surface area (Å²) in [5.41, 5.74) is 0.302. The van der Waals surface area contributed by atoms with E-state index in [4.69, 9.17) is 0 Å². The zero-order valence-corrected chi connectivity index (χ0v) is 11.8. The van der Waals surface area contributed by atoms with Gasteiger partial charge in [-0.3, -0.25) is 0 Å². The Kier molecular flexibility index (Phi) is 4.23. The Labute approximate surface area is 119 Å². The summed E-state index contributed by atoms with van der Waals surface area (Å²) in [6.07, 6.45) is -4.38. The largest absolute Gasteiger partial charge is 0.416 e. The van der Waals surface area contributed by atoms with Crippen LogP contribution in [0.1, 0.15) is 11.1 Å². The number of hydrogen-bond acceptors (Lipinski definition) is 3. The lowest BCUT2D eigenvalue weighted by Crippen LogP contribution is -2.07. The van der Waals surface area contributed by atoms with Gasteiger partial charge in [0.2, 0.25) is 0 Å². The van der Waals surface area contributed by atoms with Crippen molar-refractivity contribution in [3.05, 3.63) is 47.5 Å². The van der Waals surface area contributed by atoms with Gasteiger partial charge < -0.3 is 5.32 Å². The third-order valence-corrected chi connectivity index (χ3v) is 3.79. The van der Waals surface area contributed by atoms with Crippen molar-refractivity contribution in [2.24, 2.45) is 0 Å². The van der Waals surface area contributed by atoms with E-state index in [9.17, 15) is 13.2 Å². The zero-order valence-electron chi connectivity index (χ0n) is 11.0. The van der Waals surface area contributed by atoms with Crippen LogP contribution in [0, 0.1) is 6.92 Å². The number of aromatic nitrogens is 1. The molecule has 0 atom stereocenters. The molecule has 0 aliphatic carbocycles. The topological polar surface area (TPSA) is 24.9 Å². The lowest BCUT2D eigenvalue weighted by molar-refractivity contribution is -0.137. The number of halogens is 3. The zero-order chi connectivity index (χ0) is 14.8. The van der Waals surface area contributed by atoms with Crippen LogP contribution in [-0.4, -0.2) is 12.0 Å². The second kappa shape index (κ2) is 5.75. The standard InChI is InChI=1S/C14H13F3N2S/c1-9-5-3-4-6-11(9)20-13-8-10(14(15,16)17)7-12(18-2)19-13/h3-8H,1-2H3,(H,18,19). The van der Waals surface area contributed by atoms with Gasteiger partial charge in [0.25, 0.3) is 0 Å². The van der Waals surface area contributed by atoms with Crippen LogP contribution >= 0.6 is 11.8 Å². The SMILES string of the molecule is CNc1cc(C(F)(F)F)cc(Sc2ccccc2C)n1. The Morgan fingerprint density at radius 1 is 1.15 bits per heavy atom. The summed E-state index contributed by atoms with van der Waals surface area (Å²) in [7, 11) is 1.55. The summed E-state index contributed by atoms with van der Waals surface area (Å²) in [5.74, 6) is 0.205. The van der Waals surface area contributed by atoms with Gasteiger partial charge in [-0.05, 0) is 30.7 Å². The van der Waals surface area contributed by atoms with Crippen LogP contribution in [0.5, 0.6) is 0 Å². The molecule has 0 amide bonds. The second-order valence-corrected chi connectivity index (χ2v) is 5.26. The smallest absolute Gasteiger partial charge is 0.373 e. The monoisotopic (exact) mass is 298 g/mol. The van der Waals surface area contributed by atoms with Gasteiger partial charge in [-0.2, -0.15) is 13.2 Å². The normalized spacial score (nSPS) is 11.4. The van der Waals surface area contributed by atoms with Crippen molar-refractivity contribution in [3.63, 3.8) is 0 Å². The van der Waals surface area contributed by atoms with Crippen molar-refractivity contribution in [3.8, 4) is 0 Å². The van der Waals surface area contributed by atoms with E-state index in [1.807, 2.05) is 31.2 Å². The molecule has 0 unspecified atom stereocenters. The van der Waals surface area contributed by atoms with Crippen molar-refractivity contribution in [2.75, 3.05) is 12.4 Å². The number of benzene rings is 1. The first kappa shape index (κ1) is 14.7. The van der Waals surface area contributed by atoms with Crippen LogP contribution in [0.2, 0.25) is 0 Å². The van der Waals surface area contributed by atoms with Crippen LogP contribution in [0.3, 0.4) is 0 Å². The maximum Gasteiger partial charge on any atom is 0.416 e. The number of nitrogens with one attached hydrogen (secondary N) is 1. The van der Waals surface area contributed by atoms with Crippen molar-refractivity contribution >= 4 is 17.6 Å². The molecule has 0 saturated heterocycles. The minimum atomic E-state index is -4.38. The van der Waals surface area contributed by atoms with Gasteiger partial charge >= 0.3 is 6.18 Å². The van der Waals surface area contributed by atoms with Gasteiger partial charge in [0, 0.05) is 11.9 Å². The molecule has 20 heavy (non-hydrogen) atoms. The summed E-state index contributed by atoms with van der Waals surface area (Å²) in [6.45, 7) is 1.91. The van der Waals surface area contributed by atoms with Crippen molar-refractivity contribution in [1.29, 1.82) is 0 Å². The third kappa shape index (κ3) is 3.45. The highest BCUT2D eigenvalue weighted by molar-refractivity contribution is 7.99. The van der Waals surface area contributed by atoms with Gasteiger partial charge in [0.05, 0.1) is 5.56 Å². The predicted octanol–water partition coefficient (Wildman–Crippen LogP) is 4.60. The molecule has 2 nitrogen and oxygen atoms in total. The molecule has 0 spiro atoms. The first-order valence-corrected chi connectivity index (χ1v) is 6.72. The fourth-order valence-corrected chi connectivity index (χ4v) is 2.56. The van der Waals surface area contributed by atoms with E-state index in [0.29, 0.717) is 5.03 Å². The molecule has 2 aromatic rings. The van der Waals surface area contributed by atoms with Gasteiger partial charge in [-0.1, -0.05) is 30.0 Å². The lowest BCUT2D eigenvalue weighted by atomic mass is 10.2. The highest BCUT2D eigenvalue weighted by atomic mass is 32.2. The Hall–Kier alpha value is -1.69. The highest BCUT2D eigenvalue weighted by Crippen LogP contribution is 2.35. The van der Waals surface area contributed by atoms with E-state index in [-0.39, 0.29) is 5.82 Å². The van der Waals surface area contributed by atoms with Gasteiger partial charge in [0.15, 0.2) is 0 Å². The quantitative estimate of drug-likeness (QED) is 0.896. The van der Waals surface area contributed by atoms with Gasteiger partial charge in [-0.15, -0.1) is 0 Å². The Morgan fingerprint density at radius 2 is 1.85 bits per heavy atom. The van der Waals surface area contributed by atoms with Crippen molar-refractivity contribution in [2.45, 2.75) is 23.0 Å². The number of nitrogens with zero attached hydrogens (tertiary/aromatic N) is 1. The Bertz CT molecular complexity index is 612. The molecule has 1 N–H and O–H groups in total. The molecule has 106 valence electrons. The molecule has 1 aromatic carbocycles. The van der Waals surface area contributed by atoms with Gasteiger partial charge in [0.1, 0.15) is 10.8 Å². The Balaban J connectivity index is 2.39. The molecular weight excluding hydrogens is 285 g/mol. The van der Waals surface area contributed by atoms with E-state index in [1.54, 1.807) is 7.05 Å². The van der Waals surface area contributed by atoms with Gasteiger partial charge in [-0.25, -0.2) is 4.98 Å². The molecule has 2 rings (SSSR count). The molecule has 6 heteroatoms. The molecule has 0 radical (unpaired) electrons. The number of aryl methyl sites for hydroxylation is 1. The van der Waals surface area contributed by atoms with E-state index >= 15 is 0 Å². The molecule has 0 fully saturated rings. The first-order valence-electron chi connectivity index (χ1n) is 5.90. The summed E-state index contributed by atoms with van der Waals surface area (Å²) in [4.78, 5) is 5.04. The maximum absolute atomic E-state index is 12.8. The van der Waals surface area contributed by atoms with Crippen LogP contribution < -0.4 is 5.32 Å². The van der Waals surface area contributed by atoms with Crippen molar-refractivity contribution < 1.29 is 13.2 Å². The Morgan fingerprint density at radius 3 is 2.45 bits per heavy atom. The first-order chi connectivity index (χ1) is 9.40. The molecule has 0 saturated carbocycles. The minimum Gasteiger partial charge on any atom is -0.373 e. The average Bonchev–Trinajstić information content (AvgIpc) is 2.40. The lowest BCUT2D eigenvalue weighted by Gasteiger charge is -2.11. The molecule has 0 aliphatic heterocycles. The van der Waals surface area contributed by atoms with Crippen LogP contribution in [0.4, 0.5) is 19.0 Å². The number of anilines is 1. The molecule has 0 aliphatic rings. The molecule has 1 heterocycles. The molecule has 1 aromatic heterocycles. The summed E-state index contributed by atoms with van der Waals surface area (Å²) >= 11 is 1.22. The fraction of sp³-hybridized carbons (Fsp3) is 0.214. The number of hydrogen-bond donors (Lipinski definition) is 1. The van der Waals surface area contributed by atoms with Crippen LogP contribution in [0.15, 0.2) is 46.3 Å². The van der Waals surface area contributed by atoms with E-state index in [2.05, 4.69) is 10.3 Å². The van der Waals surface area contributed by atoms with E-state index in [0.717, 1.165) is 22.6 Å². The van der Waals surface area contributed by atoms with E-state index < -0.39 is 11.7 Å². The summed E-state index contributed by atoms with van der Waals surface area (Å²) in [5, 5.41) is 2.97. The fourth-order valence-electron chi connectivity index (χ4n) is 1.63. The molecule has 0 bridgehead atoms. The second-order valence-electron chi connectivity index (χ2n) is 4.19. The summed E-state index contributed by atoms with van der Waals surface area (Å²) in [6, 6.07) is 9.58. The number of rotatable bonds is 3.